The average molecular weight is 348 g/mol. The van der Waals surface area contributed by atoms with E-state index in [2.05, 4.69) is 30.7 Å². The van der Waals surface area contributed by atoms with Gasteiger partial charge in [-0.05, 0) is 13.8 Å². The second-order valence-corrected chi connectivity index (χ2v) is 6.04. The Morgan fingerprint density at radius 2 is 2.12 bits per heavy atom. The summed E-state index contributed by atoms with van der Waals surface area (Å²) in [4.78, 5) is 30.6. The van der Waals surface area contributed by atoms with Crippen molar-refractivity contribution in [1.29, 1.82) is 0 Å². The Labute approximate surface area is 143 Å². The number of H-pyrrole nitrogens is 1. The molecule has 0 aromatic carbocycles. The lowest BCUT2D eigenvalue weighted by molar-refractivity contribution is -0.127. The van der Waals surface area contributed by atoms with Gasteiger partial charge in [0.25, 0.3) is 11.9 Å². The van der Waals surface area contributed by atoms with Crippen LogP contribution in [0.3, 0.4) is 0 Å². The number of hydrogen-bond acceptors (Lipinski definition) is 7. The molecule has 2 aromatic rings. The van der Waals surface area contributed by atoms with Crippen LogP contribution in [-0.2, 0) is 9.53 Å². The zero-order chi connectivity index (χ0) is 17.8. The van der Waals surface area contributed by atoms with Crippen LogP contribution in [0.1, 0.15) is 24.5 Å². The molecular formula is C14H20N8O3. The van der Waals surface area contributed by atoms with Crippen LogP contribution in [-0.4, -0.2) is 79.0 Å². The molecule has 0 saturated carbocycles. The number of aromatic amines is 1. The Bertz CT molecular complexity index is 726. The van der Waals surface area contributed by atoms with Gasteiger partial charge in [0.2, 0.25) is 11.7 Å². The van der Waals surface area contributed by atoms with E-state index in [0.717, 1.165) is 0 Å². The fourth-order valence-electron chi connectivity index (χ4n) is 2.47. The summed E-state index contributed by atoms with van der Waals surface area (Å²) in [5.74, 6) is -0.520. The Morgan fingerprint density at radius 1 is 1.36 bits per heavy atom. The first-order valence-corrected chi connectivity index (χ1v) is 7.99. The zero-order valence-electron chi connectivity index (χ0n) is 14.0. The zero-order valence-corrected chi connectivity index (χ0v) is 14.0. The lowest BCUT2D eigenvalue weighted by Gasteiger charge is -2.22. The third-order valence-electron chi connectivity index (χ3n) is 3.68. The predicted molar refractivity (Wildman–Crippen MR) is 84.8 cm³/mol. The highest BCUT2D eigenvalue weighted by molar-refractivity contribution is 5.91. The first kappa shape index (κ1) is 17.0. The Kier molecular flexibility index (Phi) is 5.03. The number of carbonyl (C=O) groups excluding carboxylic acids is 2. The Balaban J connectivity index is 1.71. The number of hydrogen-bond donors (Lipinski definition) is 2. The van der Waals surface area contributed by atoms with E-state index in [4.69, 9.17) is 4.74 Å². The molecule has 3 rings (SSSR count). The maximum Gasteiger partial charge on any atom is 0.291 e. The normalized spacial score (nSPS) is 18.2. The van der Waals surface area contributed by atoms with Crippen molar-refractivity contribution in [2.24, 2.45) is 5.92 Å². The van der Waals surface area contributed by atoms with Gasteiger partial charge < -0.3 is 15.0 Å². The molecule has 0 spiro atoms. The van der Waals surface area contributed by atoms with Crippen molar-refractivity contribution in [3.8, 4) is 5.95 Å². The number of ether oxygens (including phenoxy) is 1. The van der Waals surface area contributed by atoms with E-state index in [-0.39, 0.29) is 42.8 Å². The minimum atomic E-state index is -0.422. The van der Waals surface area contributed by atoms with Gasteiger partial charge in [0.1, 0.15) is 12.7 Å². The topological polar surface area (TPSA) is 131 Å². The van der Waals surface area contributed by atoms with Crippen LogP contribution in [0.2, 0.25) is 0 Å². The molecule has 1 atom stereocenters. The molecule has 1 fully saturated rings. The molecule has 25 heavy (non-hydrogen) atoms. The van der Waals surface area contributed by atoms with E-state index < -0.39 is 5.92 Å². The van der Waals surface area contributed by atoms with Gasteiger partial charge in [-0.2, -0.15) is 4.98 Å². The van der Waals surface area contributed by atoms with Gasteiger partial charge in [0, 0.05) is 19.1 Å². The maximum absolute atomic E-state index is 12.7. The number of amides is 2. The van der Waals surface area contributed by atoms with E-state index in [9.17, 15) is 9.59 Å². The molecule has 134 valence electrons. The van der Waals surface area contributed by atoms with E-state index >= 15 is 0 Å². The van der Waals surface area contributed by atoms with Crippen molar-refractivity contribution in [3.63, 3.8) is 0 Å². The monoisotopic (exact) mass is 348 g/mol. The lowest BCUT2D eigenvalue weighted by Crippen LogP contribution is -2.43. The van der Waals surface area contributed by atoms with Gasteiger partial charge in [-0.1, -0.05) is 0 Å². The minimum absolute atomic E-state index is 0.0283. The second-order valence-electron chi connectivity index (χ2n) is 6.04. The molecule has 11 nitrogen and oxygen atoms in total. The Morgan fingerprint density at radius 3 is 2.84 bits per heavy atom. The highest BCUT2D eigenvalue weighted by atomic mass is 16.5. The van der Waals surface area contributed by atoms with Crippen LogP contribution < -0.4 is 5.32 Å². The van der Waals surface area contributed by atoms with Gasteiger partial charge in [-0.25, -0.2) is 0 Å². The first-order chi connectivity index (χ1) is 12.0. The fraction of sp³-hybridized carbons (Fsp3) is 0.571. The highest BCUT2D eigenvalue weighted by Crippen LogP contribution is 2.11. The fourth-order valence-corrected chi connectivity index (χ4v) is 2.47. The molecule has 1 aliphatic heterocycles. The van der Waals surface area contributed by atoms with Crippen LogP contribution in [0.4, 0.5) is 0 Å². The third kappa shape index (κ3) is 3.99. The first-order valence-electron chi connectivity index (χ1n) is 7.99. The summed E-state index contributed by atoms with van der Waals surface area (Å²) in [5.41, 5.74) is 0. The van der Waals surface area contributed by atoms with Gasteiger partial charge in [-0.15, -0.1) is 15.3 Å². The van der Waals surface area contributed by atoms with Crippen LogP contribution in [0.5, 0.6) is 0 Å². The number of rotatable bonds is 4. The molecule has 2 N–H and O–H groups in total. The molecule has 2 aromatic heterocycles. The maximum atomic E-state index is 12.7. The van der Waals surface area contributed by atoms with Gasteiger partial charge in [0.15, 0.2) is 0 Å². The quantitative estimate of drug-likeness (QED) is 0.724. The van der Waals surface area contributed by atoms with Crippen molar-refractivity contribution < 1.29 is 14.3 Å². The summed E-state index contributed by atoms with van der Waals surface area (Å²) in [6.45, 7) is 5.07. The average Bonchev–Trinajstić information content (AvgIpc) is 3.20. The van der Waals surface area contributed by atoms with E-state index in [1.54, 1.807) is 4.90 Å². The van der Waals surface area contributed by atoms with Gasteiger partial charge >= 0.3 is 0 Å². The molecule has 1 unspecified atom stereocenters. The van der Waals surface area contributed by atoms with Crippen molar-refractivity contribution in [2.75, 3.05) is 26.3 Å². The van der Waals surface area contributed by atoms with E-state index in [0.29, 0.717) is 13.2 Å². The van der Waals surface area contributed by atoms with Crippen molar-refractivity contribution in [2.45, 2.75) is 19.9 Å². The van der Waals surface area contributed by atoms with Crippen molar-refractivity contribution >= 4 is 11.8 Å². The summed E-state index contributed by atoms with van der Waals surface area (Å²) in [5, 5.41) is 16.8. The number of nitrogens with zero attached hydrogens (tertiary/aromatic N) is 6. The van der Waals surface area contributed by atoms with Gasteiger partial charge in [-0.3, -0.25) is 19.3 Å². The summed E-state index contributed by atoms with van der Waals surface area (Å²) in [6, 6.07) is 0.0283. The standard InChI is InChI=1S/C14H20N8O3/c1-9(2)17-12(23)10-5-21(3-4-25-6-10)13(24)11-18-14(20-19-11)22-7-15-16-8-22/h7-10H,3-6H2,1-2H3,(H,17,23)(H,18,19,20). The van der Waals surface area contributed by atoms with Crippen LogP contribution >= 0.6 is 0 Å². The molecule has 0 bridgehead atoms. The van der Waals surface area contributed by atoms with Crippen molar-refractivity contribution in [3.05, 3.63) is 18.5 Å². The SMILES string of the molecule is CC(C)NC(=O)C1COCCN(C(=O)c2nc(-n3cnnc3)n[nH]2)C1. The minimum Gasteiger partial charge on any atom is -0.379 e. The number of aromatic nitrogens is 6. The van der Waals surface area contributed by atoms with Crippen LogP contribution in [0.25, 0.3) is 5.95 Å². The largest absolute Gasteiger partial charge is 0.379 e. The molecule has 0 radical (unpaired) electrons. The molecule has 3 heterocycles. The smallest absolute Gasteiger partial charge is 0.291 e. The summed E-state index contributed by atoms with van der Waals surface area (Å²) >= 11 is 0. The molecule has 0 aliphatic carbocycles. The van der Waals surface area contributed by atoms with Gasteiger partial charge in [0.05, 0.1) is 19.1 Å². The third-order valence-corrected chi connectivity index (χ3v) is 3.68. The molecule has 1 saturated heterocycles. The molecule has 1 aliphatic rings. The van der Waals surface area contributed by atoms with E-state index in [1.807, 2.05) is 13.8 Å². The summed E-state index contributed by atoms with van der Waals surface area (Å²) in [6.07, 6.45) is 2.87. The van der Waals surface area contributed by atoms with Crippen LogP contribution in [0.15, 0.2) is 12.7 Å². The second kappa shape index (κ2) is 7.38. The number of nitrogens with one attached hydrogen (secondary N) is 2. The predicted octanol–water partition coefficient (Wildman–Crippen LogP) is -1.00. The molecule has 2 amide bonds. The highest BCUT2D eigenvalue weighted by Gasteiger charge is 2.29. The molecule has 11 heteroatoms. The lowest BCUT2D eigenvalue weighted by atomic mass is 10.1. The van der Waals surface area contributed by atoms with E-state index in [1.165, 1.54) is 17.2 Å². The molecular weight excluding hydrogens is 328 g/mol. The van der Waals surface area contributed by atoms with Crippen LogP contribution in [0, 0.1) is 5.92 Å². The summed E-state index contributed by atoms with van der Waals surface area (Å²) < 4.78 is 6.95. The summed E-state index contributed by atoms with van der Waals surface area (Å²) in [7, 11) is 0. The Hall–Kier alpha value is -2.82. The number of carbonyl (C=O) groups is 2. The van der Waals surface area contributed by atoms with Crippen molar-refractivity contribution in [1.82, 2.24) is 40.2 Å².